The van der Waals surface area contributed by atoms with Crippen LogP contribution in [0.4, 0.5) is 5.69 Å². The zero-order valence-electron chi connectivity index (χ0n) is 16.4. The van der Waals surface area contributed by atoms with Crippen molar-refractivity contribution in [2.24, 2.45) is 5.16 Å². The summed E-state index contributed by atoms with van der Waals surface area (Å²) in [6.07, 6.45) is 0.0150. The molecule has 4 rings (SSSR count). The zero-order chi connectivity index (χ0) is 20.9. The lowest BCUT2D eigenvalue weighted by Crippen LogP contribution is -2.49. The van der Waals surface area contributed by atoms with Crippen molar-refractivity contribution in [1.82, 2.24) is 10.2 Å². The Kier molecular flexibility index (Phi) is 6.54. The number of piperazine rings is 1. The second-order valence-corrected chi connectivity index (χ2v) is 8.90. The first-order valence-corrected chi connectivity index (χ1v) is 11.1. The quantitative estimate of drug-likeness (QED) is 0.740. The van der Waals surface area contributed by atoms with Gasteiger partial charge in [0.05, 0.1) is 9.21 Å². The van der Waals surface area contributed by atoms with Crippen molar-refractivity contribution < 1.29 is 14.4 Å². The molecule has 2 aromatic rings. The van der Waals surface area contributed by atoms with Crippen LogP contribution < -0.4 is 10.2 Å². The van der Waals surface area contributed by atoms with E-state index >= 15 is 0 Å². The number of carbonyl (C=O) groups is 2. The van der Waals surface area contributed by atoms with E-state index in [4.69, 9.17) is 16.4 Å². The highest BCUT2D eigenvalue weighted by atomic mass is 35.5. The zero-order valence-corrected chi connectivity index (χ0v) is 18.0. The molecule has 2 amide bonds. The van der Waals surface area contributed by atoms with Crippen LogP contribution in [0.2, 0.25) is 4.34 Å². The van der Waals surface area contributed by atoms with Gasteiger partial charge in [-0.3, -0.25) is 9.59 Å². The lowest BCUT2D eigenvalue weighted by molar-refractivity contribution is -0.132. The van der Waals surface area contributed by atoms with Crippen molar-refractivity contribution in [1.29, 1.82) is 0 Å². The maximum absolute atomic E-state index is 12.5. The van der Waals surface area contributed by atoms with Gasteiger partial charge in [0.2, 0.25) is 12.0 Å². The molecular weight excluding hydrogens is 424 g/mol. The number of nitrogens with one attached hydrogen (secondary N) is 1. The summed E-state index contributed by atoms with van der Waals surface area (Å²) in [6.45, 7) is 3.29. The summed E-state index contributed by atoms with van der Waals surface area (Å²) in [6, 6.07) is 13.9. The van der Waals surface area contributed by atoms with Crippen LogP contribution in [-0.2, 0) is 14.4 Å². The minimum atomic E-state index is -0.662. The van der Waals surface area contributed by atoms with E-state index in [1.165, 1.54) is 17.0 Å². The van der Waals surface area contributed by atoms with Crippen LogP contribution in [0.25, 0.3) is 0 Å². The van der Waals surface area contributed by atoms with E-state index in [-0.39, 0.29) is 24.8 Å². The fourth-order valence-corrected chi connectivity index (χ4v) is 4.58. The Bertz CT molecular complexity index is 925. The Labute approximate surface area is 184 Å². The van der Waals surface area contributed by atoms with Gasteiger partial charge in [-0.05, 0) is 24.3 Å². The van der Waals surface area contributed by atoms with Gasteiger partial charge in [0.25, 0.3) is 5.91 Å². The van der Waals surface area contributed by atoms with E-state index in [1.54, 1.807) is 6.07 Å². The van der Waals surface area contributed by atoms with Crippen LogP contribution in [0, 0.1) is 0 Å². The predicted molar refractivity (Wildman–Crippen MR) is 118 cm³/mol. The molecule has 1 N–H and O–H groups in total. The summed E-state index contributed by atoms with van der Waals surface area (Å²) >= 11 is 7.35. The molecule has 0 spiro atoms. The summed E-state index contributed by atoms with van der Waals surface area (Å²) in [5.41, 5.74) is 1.90. The molecule has 1 fully saturated rings. The molecule has 0 aliphatic carbocycles. The third-order valence-corrected chi connectivity index (χ3v) is 6.49. The molecule has 0 saturated carbocycles. The second kappa shape index (κ2) is 9.49. The van der Waals surface area contributed by atoms with Gasteiger partial charge in [0, 0.05) is 51.3 Å². The van der Waals surface area contributed by atoms with Gasteiger partial charge in [0.1, 0.15) is 5.71 Å². The molecule has 2 aliphatic rings. The summed E-state index contributed by atoms with van der Waals surface area (Å²) in [5, 5.41) is 6.79. The molecule has 1 aromatic carbocycles. The van der Waals surface area contributed by atoms with Crippen LogP contribution in [0.5, 0.6) is 0 Å². The Balaban J connectivity index is 1.16. The van der Waals surface area contributed by atoms with Crippen LogP contribution in [0.1, 0.15) is 17.7 Å². The van der Waals surface area contributed by atoms with E-state index < -0.39 is 6.10 Å². The van der Waals surface area contributed by atoms with Crippen molar-refractivity contribution in [3.05, 3.63) is 51.7 Å². The minimum Gasteiger partial charge on any atom is -0.382 e. The number of amides is 2. The van der Waals surface area contributed by atoms with Crippen molar-refractivity contribution in [3.8, 4) is 0 Å². The number of hydrogen-bond donors (Lipinski definition) is 1. The average Bonchev–Trinajstić information content (AvgIpc) is 3.43. The van der Waals surface area contributed by atoms with Crippen LogP contribution >= 0.6 is 22.9 Å². The van der Waals surface area contributed by atoms with Crippen LogP contribution in [-0.4, -0.2) is 61.3 Å². The largest absolute Gasteiger partial charge is 0.382 e. The highest BCUT2D eigenvalue weighted by Crippen LogP contribution is 2.26. The predicted octanol–water partition coefficient (Wildman–Crippen LogP) is 2.75. The number of halogens is 1. The molecule has 30 heavy (non-hydrogen) atoms. The molecule has 1 aromatic heterocycles. The number of nitrogens with zero attached hydrogens (tertiary/aromatic N) is 3. The standard InChI is InChI=1S/C21H23ClN4O3S/c22-19-7-6-18(30-19)16-14-17(29-24-16)21(28)23-9-8-20(27)26-12-10-25(11-13-26)15-4-2-1-3-5-15/h1-7,17H,8-14H2,(H,23,28). The molecule has 3 heterocycles. The second-order valence-electron chi connectivity index (χ2n) is 7.18. The first-order chi connectivity index (χ1) is 14.6. The van der Waals surface area contributed by atoms with Crippen LogP contribution in [0.3, 0.4) is 0 Å². The van der Waals surface area contributed by atoms with Crippen molar-refractivity contribution >= 4 is 46.2 Å². The third-order valence-electron chi connectivity index (χ3n) is 5.21. The summed E-state index contributed by atoms with van der Waals surface area (Å²) in [4.78, 5) is 35.1. The van der Waals surface area contributed by atoms with Gasteiger partial charge < -0.3 is 20.0 Å². The van der Waals surface area contributed by atoms with Crippen molar-refractivity contribution in [3.63, 3.8) is 0 Å². The normalized spacial score (nSPS) is 18.7. The van der Waals surface area contributed by atoms with Gasteiger partial charge in [0.15, 0.2) is 0 Å². The van der Waals surface area contributed by atoms with Crippen molar-refractivity contribution in [2.75, 3.05) is 37.6 Å². The number of rotatable bonds is 6. The Morgan fingerprint density at radius 2 is 1.90 bits per heavy atom. The number of thiophene rings is 1. The molecule has 158 valence electrons. The molecule has 9 heteroatoms. The molecule has 2 aliphatic heterocycles. The summed E-state index contributed by atoms with van der Waals surface area (Å²) < 4.78 is 0.670. The van der Waals surface area contributed by atoms with Gasteiger partial charge >= 0.3 is 0 Å². The maximum atomic E-state index is 12.5. The van der Waals surface area contributed by atoms with Crippen molar-refractivity contribution in [2.45, 2.75) is 18.9 Å². The molecular formula is C21H23ClN4O3S. The Morgan fingerprint density at radius 3 is 2.60 bits per heavy atom. The van der Waals surface area contributed by atoms with E-state index in [0.717, 1.165) is 23.7 Å². The number of carbonyl (C=O) groups excluding carboxylic acids is 2. The maximum Gasteiger partial charge on any atom is 0.264 e. The molecule has 7 nitrogen and oxygen atoms in total. The Hall–Kier alpha value is -2.58. The number of oxime groups is 1. The number of hydrogen-bond acceptors (Lipinski definition) is 6. The summed E-state index contributed by atoms with van der Waals surface area (Å²) in [7, 11) is 0. The fraction of sp³-hybridized carbons (Fsp3) is 0.381. The number of para-hydroxylation sites is 1. The topological polar surface area (TPSA) is 74.2 Å². The van der Waals surface area contributed by atoms with Crippen LogP contribution in [0.15, 0.2) is 47.6 Å². The van der Waals surface area contributed by atoms with Gasteiger partial charge in [-0.15, -0.1) is 11.3 Å². The molecule has 1 unspecified atom stereocenters. The highest BCUT2D eigenvalue weighted by molar-refractivity contribution is 7.18. The summed E-state index contributed by atoms with van der Waals surface area (Å²) in [5.74, 6) is -0.196. The van der Waals surface area contributed by atoms with E-state index in [2.05, 4.69) is 27.5 Å². The lowest BCUT2D eigenvalue weighted by atomic mass is 10.1. The first-order valence-electron chi connectivity index (χ1n) is 9.94. The van der Waals surface area contributed by atoms with Gasteiger partial charge in [-0.1, -0.05) is 35.0 Å². The molecule has 1 atom stereocenters. The number of anilines is 1. The van der Waals surface area contributed by atoms with Gasteiger partial charge in [-0.25, -0.2) is 0 Å². The minimum absolute atomic E-state index is 0.0560. The number of benzene rings is 1. The fourth-order valence-electron chi connectivity index (χ4n) is 3.55. The monoisotopic (exact) mass is 446 g/mol. The third kappa shape index (κ3) is 4.94. The Morgan fingerprint density at radius 1 is 1.13 bits per heavy atom. The van der Waals surface area contributed by atoms with Gasteiger partial charge in [-0.2, -0.15) is 0 Å². The first kappa shape index (κ1) is 20.7. The molecule has 1 saturated heterocycles. The highest BCUT2D eigenvalue weighted by Gasteiger charge is 2.29. The average molecular weight is 447 g/mol. The van der Waals surface area contributed by atoms with E-state index in [0.29, 0.717) is 23.8 Å². The lowest BCUT2D eigenvalue weighted by Gasteiger charge is -2.36. The van der Waals surface area contributed by atoms with E-state index in [9.17, 15) is 9.59 Å². The van der Waals surface area contributed by atoms with E-state index in [1.807, 2.05) is 29.2 Å². The molecule has 0 radical (unpaired) electrons. The smallest absolute Gasteiger partial charge is 0.264 e. The molecule has 0 bridgehead atoms. The SMILES string of the molecule is O=C(NCCC(=O)N1CCN(c2ccccc2)CC1)C1CC(c2ccc(Cl)s2)=NO1.